The van der Waals surface area contributed by atoms with Gasteiger partial charge in [-0.05, 0) is 12.1 Å². The zero-order valence-electron chi connectivity index (χ0n) is 12.6. The van der Waals surface area contributed by atoms with E-state index in [9.17, 15) is 14.9 Å². The molecule has 0 aliphatic carbocycles. The molecule has 1 aromatic heterocycles. The lowest BCUT2D eigenvalue weighted by Crippen LogP contribution is -2.16. The zero-order chi connectivity index (χ0) is 16.9. The Labute approximate surface area is 137 Å². The van der Waals surface area contributed by atoms with Gasteiger partial charge in [-0.3, -0.25) is 14.9 Å². The first-order valence-corrected chi connectivity index (χ1v) is 7.24. The van der Waals surface area contributed by atoms with Crippen LogP contribution in [0.2, 0.25) is 0 Å². The Morgan fingerprint density at radius 1 is 1.17 bits per heavy atom. The molecular weight excluding hydrogens is 308 g/mol. The maximum absolute atomic E-state index is 12.3. The molecule has 24 heavy (non-hydrogen) atoms. The number of carbonyl (C=O) groups is 1. The molecule has 0 aliphatic rings. The van der Waals surface area contributed by atoms with Crippen molar-refractivity contribution in [2.45, 2.75) is 6.42 Å². The van der Waals surface area contributed by atoms with Crippen molar-refractivity contribution in [3.8, 4) is 5.69 Å². The van der Waals surface area contributed by atoms with Crippen molar-refractivity contribution in [2.75, 3.05) is 5.32 Å². The molecule has 0 aliphatic heterocycles. The largest absolute Gasteiger partial charge is 0.324 e. The number of benzene rings is 2. The van der Waals surface area contributed by atoms with Gasteiger partial charge in [-0.25, -0.2) is 4.98 Å². The van der Waals surface area contributed by atoms with Gasteiger partial charge in [0, 0.05) is 24.0 Å². The van der Waals surface area contributed by atoms with E-state index in [4.69, 9.17) is 0 Å². The van der Waals surface area contributed by atoms with E-state index in [0.29, 0.717) is 11.3 Å². The summed E-state index contributed by atoms with van der Waals surface area (Å²) in [6.07, 6.45) is 4.97. The van der Waals surface area contributed by atoms with Gasteiger partial charge >= 0.3 is 0 Å². The fourth-order valence-corrected chi connectivity index (χ4v) is 2.41. The van der Waals surface area contributed by atoms with Crippen LogP contribution in [0, 0.1) is 10.1 Å². The van der Waals surface area contributed by atoms with Gasteiger partial charge in [0.05, 0.1) is 29.0 Å². The summed E-state index contributed by atoms with van der Waals surface area (Å²) in [5.74, 6) is -0.322. The van der Waals surface area contributed by atoms with Crippen molar-refractivity contribution >= 4 is 17.3 Å². The number of rotatable bonds is 5. The van der Waals surface area contributed by atoms with Crippen LogP contribution in [0.5, 0.6) is 0 Å². The molecule has 0 saturated carbocycles. The summed E-state index contributed by atoms with van der Waals surface area (Å²) in [4.78, 5) is 26.9. The number of nitrogens with zero attached hydrogens (tertiary/aromatic N) is 3. The van der Waals surface area contributed by atoms with Crippen molar-refractivity contribution in [3.05, 3.63) is 82.9 Å². The van der Waals surface area contributed by atoms with Gasteiger partial charge in [0.1, 0.15) is 0 Å². The third kappa shape index (κ3) is 3.30. The second-order valence-electron chi connectivity index (χ2n) is 5.10. The van der Waals surface area contributed by atoms with Crippen LogP contribution < -0.4 is 5.32 Å². The van der Waals surface area contributed by atoms with Gasteiger partial charge in [0.15, 0.2) is 0 Å². The molecule has 0 saturated heterocycles. The minimum absolute atomic E-state index is 0.0597. The minimum atomic E-state index is -0.484. The number of carbonyl (C=O) groups excluding carboxylic acids is 1. The lowest BCUT2D eigenvalue weighted by atomic mass is 10.1. The normalized spacial score (nSPS) is 10.3. The second-order valence-corrected chi connectivity index (χ2v) is 5.10. The van der Waals surface area contributed by atoms with E-state index in [1.54, 1.807) is 53.6 Å². The molecule has 3 aromatic rings. The number of anilines is 1. The number of nitro benzene ring substituents is 1. The number of hydrogen-bond acceptors (Lipinski definition) is 4. The molecule has 1 amide bonds. The third-order valence-electron chi connectivity index (χ3n) is 3.50. The quantitative estimate of drug-likeness (QED) is 0.577. The number of para-hydroxylation sites is 3. The highest BCUT2D eigenvalue weighted by Crippen LogP contribution is 2.22. The van der Waals surface area contributed by atoms with Crippen LogP contribution in [0.3, 0.4) is 0 Å². The van der Waals surface area contributed by atoms with Gasteiger partial charge in [-0.1, -0.05) is 30.3 Å². The van der Waals surface area contributed by atoms with Crippen molar-refractivity contribution in [3.63, 3.8) is 0 Å². The van der Waals surface area contributed by atoms with Crippen molar-refractivity contribution < 1.29 is 9.72 Å². The summed E-state index contributed by atoms with van der Waals surface area (Å²) in [5.41, 5.74) is 1.70. The third-order valence-corrected chi connectivity index (χ3v) is 3.50. The maximum Gasteiger partial charge on any atom is 0.273 e. The Balaban J connectivity index is 1.81. The first-order valence-electron chi connectivity index (χ1n) is 7.24. The van der Waals surface area contributed by atoms with E-state index in [-0.39, 0.29) is 18.0 Å². The summed E-state index contributed by atoms with van der Waals surface area (Å²) >= 11 is 0. The van der Waals surface area contributed by atoms with E-state index >= 15 is 0 Å². The molecule has 3 rings (SSSR count). The van der Waals surface area contributed by atoms with Crippen LogP contribution in [0.15, 0.2) is 67.3 Å². The number of hydrogen-bond donors (Lipinski definition) is 1. The summed E-state index contributed by atoms with van der Waals surface area (Å²) in [5, 5.41) is 13.8. The van der Waals surface area contributed by atoms with Crippen LogP contribution in [0.4, 0.5) is 11.4 Å². The minimum Gasteiger partial charge on any atom is -0.324 e. The number of nitro groups is 1. The Morgan fingerprint density at radius 3 is 2.67 bits per heavy atom. The van der Waals surface area contributed by atoms with Gasteiger partial charge < -0.3 is 9.88 Å². The topological polar surface area (TPSA) is 90.1 Å². The maximum atomic E-state index is 12.3. The zero-order valence-corrected chi connectivity index (χ0v) is 12.6. The highest BCUT2D eigenvalue weighted by Gasteiger charge is 2.16. The predicted molar refractivity (Wildman–Crippen MR) is 89.0 cm³/mol. The second kappa shape index (κ2) is 6.74. The summed E-state index contributed by atoms with van der Waals surface area (Å²) in [7, 11) is 0. The van der Waals surface area contributed by atoms with Crippen LogP contribution in [-0.4, -0.2) is 20.4 Å². The predicted octanol–water partition coefficient (Wildman–Crippen LogP) is 2.96. The molecule has 0 radical (unpaired) electrons. The molecule has 0 spiro atoms. The summed E-state index contributed by atoms with van der Waals surface area (Å²) < 4.78 is 1.78. The van der Waals surface area contributed by atoms with Crippen LogP contribution in [0.25, 0.3) is 5.69 Å². The van der Waals surface area contributed by atoms with E-state index in [2.05, 4.69) is 10.3 Å². The Hall–Kier alpha value is -3.48. The van der Waals surface area contributed by atoms with Crippen molar-refractivity contribution in [1.29, 1.82) is 0 Å². The van der Waals surface area contributed by atoms with Crippen molar-refractivity contribution in [2.24, 2.45) is 0 Å². The highest BCUT2D eigenvalue weighted by atomic mass is 16.6. The monoisotopic (exact) mass is 322 g/mol. The van der Waals surface area contributed by atoms with Gasteiger partial charge in [0.25, 0.3) is 5.69 Å². The van der Waals surface area contributed by atoms with E-state index < -0.39 is 4.92 Å². The standard InChI is InChI=1S/C17H14N4O3/c22-17(11-13-5-1-3-7-15(13)21(23)24)19-14-6-2-4-8-16(14)20-10-9-18-12-20/h1-10,12H,11H2,(H,19,22). The van der Waals surface area contributed by atoms with E-state index in [0.717, 1.165) is 5.69 Å². The number of nitrogens with one attached hydrogen (secondary N) is 1. The molecule has 7 nitrogen and oxygen atoms in total. The number of amides is 1. The first kappa shape index (κ1) is 15.4. The average molecular weight is 322 g/mol. The summed E-state index contributed by atoms with van der Waals surface area (Å²) in [6, 6.07) is 13.5. The Morgan fingerprint density at radius 2 is 1.92 bits per heavy atom. The highest BCUT2D eigenvalue weighted by molar-refractivity contribution is 5.94. The van der Waals surface area contributed by atoms with Gasteiger partial charge in [0.2, 0.25) is 5.91 Å². The smallest absolute Gasteiger partial charge is 0.273 e. The van der Waals surface area contributed by atoms with Gasteiger partial charge in [-0.2, -0.15) is 0 Å². The molecule has 1 heterocycles. The fraction of sp³-hybridized carbons (Fsp3) is 0.0588. The summed E-state index contributed by atoms with van der Waals surface area (Å²) in [6.45, 7) is 0. The van der Waals surface area contributed by atoms with E-state index in [1.807, 2.05) is 12.1 Å². The molecule has 0 atom stereocenters. The molecule has 7 heteroatoms. The molecule has 120 valence electrons. The Bertz CT molecular complexity index is 875. The van der Waals surface area contributed by atoms with Crippen LogP contribution >= 0.6 is 0 Å². The number of imidazole rings is 1. The first-order chi connectivity index (χ1) is 11.6. The number of aromatic nitrogens is 2. The lowest BCUT2D eigenvalue weighted by molar-refractivity contribution is -0.385. The fourth-order valence-electron chi connectivity index (χ4n) is 2.41. The van der Waals surface area contributed by atoms with E-state index in [1.165, 1.54) is 6.07 Å². The molecule has 0 unspecified atom stereocenters. The van der Waals surface area contributed by atoms with Crippen molar-refractivity contribution in [1.82, 2.24) is 9.55 Å². The van der Waals surface area contributed by atoms with Gasteiger partial charge in [-0.15, -0.1) is 0 Å². The van der Waals surface area contributed by atoms with Crippen LogP contribution in [0.1, 0.15) is 5.56 Å². The molecular formula is C17H14N4O3. The molecule has 0 bridgehead atoms. The molecule has 2 aromatic carbocycles. The molecule has 1 N–H and O–H groups in total. The lowest BCUT2D eigenvalue weighted by Gasteiger charge is -2.11. The van der Waals surface area contributed by atoms with Crippen LogP contribution in [-0.2, 0) is 11.2 Å². The Kier molecular flexibility index (Phi) is 4.33. The SMILES string of the molecule is O=C(Cc1ccccc1[N+](=O)[O-])Nc1ccccc1-n1ccnc1. The average Bonchev–Trinajstić information content (AvgIpc) is 3.10. The molecule has 0 fully saturated rings.